The molecular weight excluding hydrogens is 318 g/mol. The smallest absolute Gasteiger partial charge is 0.233 e. The van der Waals surface area contributed by atoms with Crippen LogP contribution < -0.4 is 5.84 Å². The van der Waals surface area contributed by atoms with E-state index in [0.717, 1.165) is 19.5 Å². The molecule has 1 heterocycles. The first kappa shape index (κ1) is 19.2. The number of carbonyl (C=O) groups is 1. The first-order valence-corrected chi connectivity index (χ1v) is 9.58. The van der Waals surface area contributed by atoms with E-state index in [4.69, 9.17) is 5.84 Å². The van der Waals surface area contributed by atoms with Gasteiger partial charge in [-0.15, -0.1) is 10.2 Å². The minimum absolute atomic E-state index is 0.0974. The fourth-order valence-corrected chi connectivity index (χ4v) is 3.71. The fraction of sp³-hybridized carbons (Fsp3) is 0.786. The molecule has 1 aromatic rings. The van der Waals surface area contributed by atoms with E-state index in [1.165, 1.54) is 16.4 Å². The van der Waals surface area contributed by atoms with Gasteiger partial charge in [-0.2, -0.15) is 0 Å². The molecule has 0 aliphatic carbocycles. The molecule has 0 spiro atoms. The summed E-state index contributed by atoms with van der Waals surface area (Å²) in [5.74, 6) is 7.06. The maximum Gasteiger partial charge on any atom is 0.233 e. The van der Waals surface area contributed by atoms with Crippen LogP contribution in [-0.4, -0.2) is 49.8 Å². The second-order valence-corrected chi connectivity index (χ2v) is 7.49. The number of amides is 1. The van der Waals surface area contributed by atoms with E-state index < -0.39 is 0 Å². The van der Waals surface area contributed by atoms with E-state index in [0.29, 0.717) is 27.2 Å². The van der Waals surface area contributed by atoms with Gasteiger partial charge in [0.1, 0.15) is 0 Å². The Bertz CT molecular complexity index is 476. The van der Waals surface area contributed by atoms with Crippen LogP contribution >= 0.6 is 23.5 Å². The van der Waals surface area contributed by atoms with Gasteiger partial charge in [0.2, 0.25) is 16.2 Å². The molecule has 6 nitrogen and oxygen atoms in total. The third-order valence-corrected chi connectivity index (χ3v) is 6.06. The molecule has 0 aliphatic heterocycles. The van der Waals surface area contributed by atoms with Gasteiger partial charge in [-0.25, -0.2) is 4.68 Å². The molecule has 1 rings (SSSR count). The average Bonchev–Trinajstić information content (AvgIpc) is 2.86. The zero-order valence-electron chi connectivity index (χ0n) is 14.1. The van der Waals surface area contributed by atoms with Gasteiger partial charge in [-0.05, 0) is 19.8 Å². The second kappa shape index (κ2) is 9.29. The van der Waals surface area contributed by atoms with Crippen LogP contribution in [0.1, 0.15) is 41.0 Å². The van der Waals surface area contributed by atoms with Crippen molar-refractivity contribution in [3.05, 3.63) is 0 Å². The Labute approximate surface area is 141 Å². The summed E-state index contributed by atoms with van der Waals surface area (Å²) in [6.07, 6.45) is 1.12. The van der Waals surface area contributed by atoms with Crippen molar-refractivity contribution in [1.82, 2.24) is 19.8 Å². The predicted molar refractivity (Wildman–Crippen MR) is 93.6 cm³/mol. The summed E-state index contributed by atoms with van der Waals surface area (Å²) in [6, 6.07) is 0. The Morgan fingerprint density at radius 1 is 1.23 bits per heavy atom. The zero-order chi connectivity index (χ0) is 16.7. The Balaban J connectivity index is 2.62. The van der Waals surface area contributed by atoms with Crippen LogP contribution in [0.25, 0.3) is 0 Å². The summed E-state index contributed by atoms with van der Waals surface area (Å²) >= 11 is 2.97. The van der Waals surface area contributed by atoms with E-state index >= 15 is 0 Å². The number of nitrogens with zero attached hydrogens (tertiary/aromatic N) is 4. The number of nitrogens with two attached hydrogens (primary N) is 1. The van der Waals surface area contributed by atoms with Gasteiger partial charge in [0.15, 0.2) is 0 Å². The maximum absolute atomic E-state index is 12.0. The van der Waals surface area contributed by atoms with Gasteiger partial charge in [0, 0.05) is 18.3 Å². The minimum Gasteiger partial charge on any atom is -0.343 e. The van der Waals surface area contributed by atoms with Crippen molar-refractivity contribution in [2.75, 3.05) is 24.7 Å². The van der Waals surface area contributed by atoms with Crippen molar-refractivity contribution in [2.24, 2.45) is 5.92 Å². The van der Waals surface area contributed by atoms with Gasteiger partial charge in [-0.1, -0.05) is 50.7 Å². The SMILES string of the molecule is CCC(C)C(C)Sc1nnc(SCC(=O)N(CC)CC)n1N. The minimum atomic E-state index is 0.0974. The van der Waals surface area contributed by atoms with E-state index in [1.54, 1.807) is 16.7 Å². The largest absolute Gasteiger partial charge is 0.343 e. The third kappa shape index (κ3) is 5.08. The highest BCUT2D eigenvalue weighted by Gasteiger charge is 2.19. The summed E-state index contributed by atoms with van der Waals surface area (Å²) in [5.41, 5.74) is 0. The molecular formula is C14H27N5OS2. The lowest BCUT2D eigenvalue weighted by molar-refractivity contribution is -0.127. The molecule has 0 aromatic carbocycles. The number of thioether (sulfide) groups is 2. The van der Waals surface area contributed by atoms with Crippen LogP contribution in [0.3, 0.4) is 0 Å². The number of nitrogen functional groups attached to an aromatic ring is 1. The van der Waals surface area contributed by atoms with Gasteiger partial charge in [0.05, 0.1) is 5.75 Å². The lowest BCUT2D eigenvalue weighted by Crippen LogP contribution is -2.32. The average molecular weight is 346 g/mol. The Morgan fingerprint density at radius 2 is 1.82 bits per heavy atom. The molecule has 8 heteroatoms. The zero-order valence-corrected chi connectivity index (χ0v) is 15.7. The monoisotopic (exact) mass is 345 g/mol. The molecule has 22 heavy (non-hydrogen) atoms. The van der Waals surface area contributed by atoms with Crippen molar-refractivity contribution in [2.45, 2.75) is 56.6 Å². The van der Waals surface area contributed by atoms with Gasteiger partial charge in [0.25, 0.3) is 0 Å². The number of aromatic nitrogens is 3. The summed E-state index contributed by atoms with van der Waals surface area (Å²) in [5, 5.41) is 9.94. The van der Waals surface area contributed by atoms with Crippen LogP contribution in [0.5, 0.6) is 0 Å². The molecule has 126 valence electrons. The normalized spacial score (nSPS) is 13.9. The van der Waals surface area contributed by atoms with Crippen molar-refractivity contribution >= 4 is 29.4 Å². The molecule has 2 atom stereocenters. The van der Waals surface area contributed by atoms with E-state index in [1.807, 2.05) is 13.8 Å². The lowest BCUT2D eigenvalue weighted by Gasteiger charge is -2.18. The summed E-state index contributed by atoms with van der Waals surface area (Å²) in [7, 11) is 0. The number of rotatable bonds is 9. The molecule has 0 radical (unpaired) electrons. The molecule has 1 amide bonds. The lowest BCUT2D eigenvalue weighted by atomic mass is 10.1. The van der Waals surface area contributed by atoms with E-state index in [-0.39, 0.29) is 5.91 Å². The standard InChI is InChI=1S/C14H27N5OS2/c1-6-10(4)11(5)22-14-17-16-13(19(14)15)21-9-12(20)18(7-2)8-3/h10-11H,6-9,15H2,1-5H3. The van der Waals surface area contributed by atoms with Crippen LogP contribution in [-0.2, 0) is 4.79 Å². The number of hydrogen-bond acceptors (Lipinski definition) is 6. The Morgan fingerprint density at radius 3 is 2.36 bits per heavy atom. The van der Waals surface area contributed by atoms with Crippen LogP contribution in [0.15, 0.2) is 10.3 Å². The maximum atomic E-state index is 12.0. The van der Waals surface area contributed by atoms with Gasteiger partial charge >= 0.3 is 0 Å². The van der Waals surface area contributed by atoms with Crippen molar-refractivity contribution in [3.8, 4) is 0 Å². The molecule has 0 aliphatic rings. The van der Waals surface area contributed by atoms with Gasteiger partial charge < -0.3 is 10.7 Å². The van der Waals surface area contributed by atoms with Gasteiger partial charge in [-0.3, -0.25) is 4.79 Å². The molecule has 2 unspecified atom stereocenters. The van der Waals surface area contributed by atoms with E-state index in [2.05, 4.69) is 31.0 Å². The van der Waals surface area contributed by atoms with Crippen molar-refractivity contribution in [1.29, 1.82) is 0 Å². The molecule has 0 saturated carbocycles. The Kier molecular flexibility index (Phi) is 8.09. The number of carbonyl (C=O) groups excluding carboxylic acids is 1. The molecule has 1 aromatic heterocycles. The highest BCUT2D eigenvalue weighted by atomic mass is 32.2. The van der Waals surface area contributed by atoms with Crippen LogP contribution in [0.2, 0.25) is 0 Å². The fourth-order valence-electron chi connectivity index (χ4n) is 1.85. The summed E-state index contributed by atoms with van der Waals surface area (Å²) in [4.78, 5) is 13.8. The topological polar surface area (TPSA) is 77.0 Å². The highest BCUT2D eigenvalue weighted by Crippen LogP contribution is 2.29. The first-order chi connectivity index (χ1) is 10.4. The predicted octanol–water partition coefficient (Wildman–Crippen LogP) is 2.48. The Hall–Kier alpha value is -0.890. The highest BCUT2D eigenvalue weighted by molar-refractivity contribution is 8.00. The first-order valence-electron chi connectivity index (χ1n) is 7.72. The summed E-state index contributed by atoms with van der Waals surface area (Å²) < 4.78 is 1.49. The molecule has 0 bridgehead atoms. The van der Waals surface area contributed by atoms with Crippen LogP contribution in [0.4, 0.5) is 0 Å². The second-order valence-electron chi connectivity index (χ2n) is 5.20. The third-order valence-electron chi connectivity index (χ3n) is 3.81. The summed E-state index contributed by atoms with van der Waals surface area (Å²) in [6.45, 7) is 12.0. The quantitative estimate of drug-likeness (QED) is 0.547. The molecule has 0 saturated heterocycles. The number of hydrogen-bond donors (Lipinski definition) is 1. The molecule has 2 N–H and O–H groups in total. The van der Waals surface area contributed by atoms with E-state index in [9.17, 15) is 4.79 Å². The van der Waals surface area contributed by atoms with Crippen LogP contribution in [0, 0.1) is 5.92 Å². The molecule has 0 fully saturated rings. The van der Waals surface area contributed by atoms with Crippen molar-refractivity contribution in [3.63, 3.8) is 0 Å². The van der Waals surface area contributed by atoms with Crippen molar-refractivity contribution < 1.29 is 4.79 Å².